The van der Waals surface area contributed by atoms with Gasteiger partial charge in [0, 0.05) is 11.5 Å². The number of aryl methyl sites for hydroxylation is 1. The van der Waals surface area contributed by atoms with Crippen LogP contribution in [0.5, 0.6) is 5.75 Å². The van der Waals surface area contributed by atoms with Gasteiger partial charge in [0.25, 0.3) is 0 Å². The molecule has 6 nitrogen and oxygen atoms in total. The Bertz CT molecular complexity index is 1120. The molecule has 0 radical (unpaired) electrons. The molecule has 0 bridgehead atoms. The first-order valence-corrected chi connectivity index (χ1v) is 8.00. The SMILES string of the molecule is Cc1cc(=O)oc2c(C(N=Cc3ccco3)c3ccco3)c(O)ccc12. The van der Waals surface area contributed by atoms with Crippen molar-refractivity contribution in [1.29, 1.82) is 0 Å². The normalized spacial score (nSPS) is 12.8. The number of nitrogens with zero attached hydrogens (tertiary/aromatic N) is 1. The average Bonchev–Trinajstić information content (AvgIpc) is 3.30. The highest BCUT2D eigenvalue weighted by Gasteiger charge is 2.24. The molecule has 1 atom stereocenters. The van der Waals surface area contributed by atoms with Gasteiger partial charge in [-0.1, -0.05) is 0 Å². The standard InChI is InChI=1S/C20H15NO5/c1-12-10-17(23)26-20-14(12)6-7-15(22)18(20)19(16-5-3-9-25-16)21-11-13-4-2-8-24-13/h2-11,19,22H,1H3. The molecule has 0 fully saturated rings. The molecule has 3 heterocycles. The van der Waals surface area contributed by atoms with Crippen molar-refractivity contribution in [3.8, 4) is 5.75 Å². The topological polar surface area (TPSA) is 89.1 Å². The third-order valence-electron chi connectivity index (χ3n) is 4.12. The van der Waals surface area contributed by atoms with E-state index in [9.17, 15) is 9.90 Å². The summed E-state index contributed by atoms with van der Waals surface area (Å²) < 4.78 is 16.2. The van der Waals surface area contributed by atoms with Gasteiger partial charge >= 0.3 is 5.63 Å². The van der Waals surface area contributed by atoms with E-state index in [2.05, 4.69) is 4.99 Å². The molecule has 3 aromatic heterocycles. The van der Waals surface area contributed by atoms with Crippen molar-refractivity contribution in [2.75, 3.05) is 0 Å². The van der Waals surface area contributed by atoms with E-state index in [-0.39, 0.29) is 11.3 Å². The fourth-order valence-electron chi connectivity index (χ4n) is 2.91. The highest BCUT2D eigenvalue weighted by Crippen LogP contribution is 2.38. The smallest absolute Gasteiger partial charge is 0.336 e. The Balaban J connectivity index is 1.96. The van der Waals surface area contributed by atoms with Crippen molar-refractivity contribution in [3.05, 3.63) is 88.1 Å². The molecule has 4 aromatic rings. The largest absolute Gasteiger partial charge is 0.507 e. The second-order valence-corrected chi connectivity index (χ2v) is 5.84. The summed E-state index contributed by atoms with van der Waals surface area (Å²) in [5, 5.41) is 11.2. The van der Waals surface area contributed by atoms with Crippen LogP contribution in [0.2, 0.25) is 0 Å². The van der Waals surface area contributed by atoms with Crippen LogP contribution in [-0.4, -0.2) is 11.3 Å². The molecule has 4 rings (SSSR count). The van der Waals surface area contributed by atoms with Crippen LogP contribution in [-0.2, 0) is 0 Å². The molecule has 1 N–H and O–H groups in total. The van der Waals surface area contributed by atoms with Gasteiger partial charge in [0.05, 0.1) is 24.3 Å². The Morgan fingerprint density at radius 2 is 1.92 bits per heavy atom. The van der Waals surface area contributed by atoms with Gasteiger partial charge in [-0.2, -0.15) is 0 Å². The zero-order chi connectivity index (χ0) is 18.1. The first-order valence-electron chi connectivity index (χ1n) is 8.00. The Hall–Kier alpha value is -3.54. The molecule has 0 saturated carbocycles. The molecule has 26 heavy (non-hydrogen) atoms. The highest BCUT2D eigenvalue weighted by molar-refractivity contribution is 5.86. The molecule has 0 aliphatic rings. The highest BCUT2D eigenvalue weighted by atomic mass is 16.4. The predicted molar refractivity (Wildman–Crippen MR) is 95.7 cm³/mol. The van der Waals surface area contributed by atoms with Crippen LogP contribution in [0.1, 0.15) is 28.7 Å². The van der Waals surface area contributed by atoms with Gasteiger partial charge in [-0.15, -0.1) is 0 Å². The lowest BCUT2D eigenvalue weighted by Crippen LogP contribution is -2.04. The number of hydrogen-bond donors (Lipinski definition) is 1. The Morgan fingerprint density at radius 1 is 1.12 bits per heavy atom. The molecule has 1 unspecified atom stereocenters. The van der Waals surface area contributed by atoms with Crippen molar-refractivity contribution in [2.24, 2.45) is 4.99 Å². The van der Waals surface area contributed by atoms with E-state index in [1.807, 2.05) is 6.92 Å². The van der Waals surface area contributed by atoms with E-state index in [0.29, 0.717) is 17.1 Å². The maximum absolute atomic E-state index is 11.9. The first-order chi connectivity index (χ1) is 12.6. The van der Waals surface area contributed by atoms with Crippen molar-refractivity contribution < 1.29 is 18.4 Å². The number of phenols is 1. The van der Waals surface area contributed by atoms with Crippen molar-refractivity contribution in [1.82, 2.24) is 0 Å². The molecule has 0 aliphatic carbocycles. The minimum absolute atomic E-state index is 0.0377. The Labute approximate surface area is 148 Å². The Kier molecular flexibility index (Phi) is 3.93. The van der Waals surface area contributed by atoms with Crippen LogP contribution >= 0.6 is 0 Å². The second kappa shape index (κ2) is 6.40. The number of fused-ring (bicyclic) bond motifs is 1. The summed E-state index contributed by atoms with van der Waals surface area (Å²) in [6, 6.07) is 11.0. The van der Waals surface area contributed by atoms with Crippen LogP contribution in [0, 0.1) is 6.92 Å². The summed E-state index contributed by atoms with van der Waals surface area (Å²) in [5.74, 6) is 1.02. The van der Waals surface area contributed by atoms with E-state index in [0.717, 1.165) is 10.9 Å². The van der Waals surface area contributed by atoms with Gasteiger partial charge < -0.3 is 18.4 Å². The average molecular weight is 349 g/mol. The molecule has 0 saturated heterocycles. The predicted octanol–water partition coefficient (Wildman–Crippen LogP) is 4.20. The second-order valence-electron chi connectivity index (χ2n) is 5.84. The number of aliphatic imine (C=N–C) groups is 1. The fourth-order valence-corrected chi connectivity index (χ4v) is 2.91. The fraction of sp³-hybridized carbons (Fsp3) is 0.100. The van der Waals surface area contributed by atoms with Crippen LogP contribution in [0.4, 0.5) is 0 Å². The molecule has 1 aromatic carbocycles. The maximum Gasteiger partial charge on any atom is 0.336 e. The van der Waals surface area contributed by atoms with Crippen molar-refractivity contribution >= 4 is 17.2 Å². The zero-order valence-electron chi connectivity index (χ0n) is 13.9. The van der Waals surface area contributed by atoms with Crippen molar-refractivity contribution in [3.63, 3.8) is 0 Å². The lowest BCUT2D eigenvalue weighted by Gasteiger charge is -2.14. The monoisotopic (exact) mass is 349 g/mol. The quantitative estimate of drug-likeness (QED) is 0.440. The molecular formula is C20H15NO5. The molecule has 0 spiro atoms. The number of benzene rings is 1. The van der Waals surface area contributed by atoms with E-state index in [1.54, 1.807) is 48.9 Å². The minimum Gasteiger partial charge on any atom is -0.507 e. The summed E-state index contributed by atoms with van der Waals surface area (Å²) in [6.07, 6.45) is 4.61. The van der Waals surface area contributed by atoms with E-state index < -0.39 is 11.7 Å². The molecular weight excluding hydrogens is 334 g/mol. The van der Waals surface area contributed by atoms with Gasteiger partial charge in [-0.3, -0.25) is 4.99 Å². The first kappa shape index (κ1) is 16.0. The van der Waals surface area contributed by atoms with Gasteiger partial charge in [0.1, 0.15) is 28.9 Å². The Morgan fingerprint density at radius 3 is 2.65 bits per heavy atom. The van der Waals surface area contributed by atoms with Crippen LogP contribution < -0.4 is 5.63 Å². The molecule has 0 aliphatic heterocycles. The molecule has 0 amide bonds. The summed E-state index contributed by atoms with van der Waals surface area (Å²) in [7, 11) is 0. The number of phenolic OH excluding ortho intramolecular Hbond substituents is 1. The van der Waals surface area contributed by atoms with Crippen LogP contribution in [0.3, 0.4) is 0 Å². The van der Waals surface area contributed by atoms with Gasteiger partial charge in [-0.25, -0.2) is 4.79 Å². The van der Waals surface area contributed by atoms with E-state index in [1.165, 1.54) is 12.3 Å². The lowest BCUT2D eigenvalue weighted by molar-refractivity contribution is 0.445. The van der Waals surface area contributed by atoms with Gasteiger partial charge in [0.15, 0.2) is 0 Å². The number of hydrogen-bond acceptors (Lipinski definition) is 6. The number of aromatic hydroxyl groups is 1. The lowest BCUT2D eigenvalue weighted by atomic mass is 9.99. The maximum atomic E-state index is 11.9. The van der Waals surface area contributed by atoms with Gasteiger partial charge in [-0.05, 0) is 48.9 Å². The zero-order valence-corrected chi connectivity index (χ0v) is 13.9. The molecule has 6 heteroatoms. The number of rotatable bonds is 4. The number of furan rings is 2. The van der Waals surface area contributed by atoms with E-state index in [4.69, 9.17) is 13.3 Å². The van der Waals surface area contributed by atoms with Crippen LogP contribution in [0.15, 0.2) is 78.0 Å². The third-order valence-corrected chi connectivity index (χ3v) is 4.12. The summed E-state index contributed by atoms with van der Waals surface area (Å²) in [6.45, 7) is 1.81. The molecule has 130 valence electrons. The summed E-state index contributed by atoms with van der Waals surface area (Å²) >= 11 is 0. The minimum atomic E-state index is -0.705. The van der Waals surface area contributed by atoms with E-state index >= 15 is 0 Å². The van der Waals surface area contributed by atoms with Gasteiger partial charge in [0.2, 0.25) is 0 Å². The third kappa shape index (κ3) is 2.82. The summed E-state index contributed by atoms with van der Waals surface area (Å²) in [5.41, 5.74) is 0.912. The van der Waals surface area contributed by atoms with Crippen molar-refractivity contribution in [2.45, 2.75) is 13.0 Å². The summed E-state index contributed by atoms with van der Waals surface area (Å²) in [4.78, 5) is 16.4. The van der Waals surface area contributed by atoms with Crippen LogP contribution in [0.25, 0.3) is 11.0 Å².